The maximum atomic E-state index is 12.1. The Kier molecular flexibility index (Phi) is 5.68. The molecule has 0 fully saturated rings. The Morgan fingerprint density at radius 1 is 1.27 bits per heavy atom. The molecule has 0 aliphatic rings. The average molecular weight is 318 g/mol. The summed E-state index contributed by atoms with van der Waals surface area (Å²) in [4.78, 5) is 24.7. The van der Waals surface area contributed by atoms with E-state index in [0.29, 0.717) is 10.6 Å². The van der Waals surface area contributed by atoms with Crippen molar-refractivity contribution >= 4 is 28.2 Å². The largest absolute Gasteiger partial charge is 0.462 e. The van der Waals surface area contributed by atoms with Crippen LogP contribution in [0, 0.1) is 0 Å². The highest BCUT2D eigenvalue weighted by atomic mass is 32.1. The van der Waals surface area contributed by atoms with Crippen molar-refractivity contribution in [1.82, 2.24) is 0 Å². The number of ether oxygens (including phenoxy) is 1. The van der Waals surface area contributed by atoms with Crippen molar-refractivity contribution in [2.24, 2.45) is 5.73 Å². The average Bonchev–Trinajstić information content (AvgIpc) is 2.92. The first-order valence-electron chi connectivity index (χ1n) is 7.02. The Morgan fingerprint density at radius 3 is 2.64 bits per heavy atom. The highest BCUT2D eigenvalue weighted by Crippen LogP contribution is 2.35. The lowest BCUT2D eigenvalue weighted by Gasteiger charge is -2.05. The number of rotatable bonds is 6. The van der Waals surface area contributed by atoms with Crippen LogP contribution in [-0.2, 0) is 9.53 Å². The van der Waals surface area contributed by atoms with Crippen molar-refractivity contribution in [2.75, 3.05) is 18.5 Å². The van der Waals surface area contributed by atoms with Crippen LogP contribution in [0.5, 0.6) is 0 Å². The highest BCUT2D eigenvalue weighted by molar-refractivity contribution is 7.20. The highest BCUT2D eigenvalue weighted by Gasteiger charge is 2.19. The van der Waals surface area contributed by atoms with Gasteiger partial charge in [0.25, 0.3) is 0 Å². The third kappa shape index (κ3) is 3.93. The normalized spacial score (nSPS) is 10.3. The van der Waals surface area contributed by atoms with E-state index in [4.69, 9.17) is 10.5 Å². The summed E-state index contributed by atoms with van der Waals surface area (Å²) in [6.45, 7) is 2.29. The molecule has 3 N–H and O–H groups in total. The lowest BCUT2D eigenvalue weighted by Crippen LogP contribution is -2.17. The Bertz CT molecular complexity index is 653. The zero-order valence-electron chi connectivity index (χ0n) is 12.3. The summed E-state index contributed by atoms with van der Waals surface area (Å²) in [6, 6.07) is 11.4. The number of carbonyl (C=O) groups is 2. The van der Waals surface area contributed by atoms with Gasteiger partial charge in [0.2, 0.25) is 5.91 Å². The van der Waals surface area contributed by atoms with Gasteiger partial charge in [0.05, 0.1) is 12.2 Å². The summed E-state index contributed by atoms with van der Waals surface area (Å²) >= 11 is 1.35. The van der Waals surface area contributed by atoms with Gasteiger partial charge < -0.3 is 15.8 Å². The second-order valence-corrected chi connectivity index (χ2v) is 5.58. The van der Waals surface area contributed by atoms with Crippen LogP contribution in [0.2, 0.25) is 0 Å². The predicted octanol–water partition coefficient (Wildman–Crippen LogP) is 2.88. The molecule has 0 aliphatic carbocycles. The second kappa shape index (κ2) is 7.72. The maximum Gasteiger partial charge on any atom is 0.341 e. The zero-order valence-corrected chi connectivity index (χ0v) is 13.1. The van der Waals surface area contributed by atoms with Crippen molar-refractivity contribution in [3.05, 3.63) is 42.0 Å². The maximum absolute atomic E-state index is 12.1. The van der Waals surface area contributed by atoms with Crippen molar-refractivity contribution in [3.8, 4) is 10.4 Å². The quantitative estimate of drug-likeness (QED) is 0.802. The molecule has 2 rings (SSSR count). The minimum atomic E-state index is -0.441. The number of hydrogen-bond donors (Lipinski definition) is 2. The van der Waals surface area contributed by atoms with Gasteiger partial charge in [0.1, 0.15) is 5.00 Å². The molecule has 0 saturated carbocycles. The Balaban J connectivity index is 2.34. The number of nitrogens with two attached hydrogens (primary N) is 1. The molecule has 6 heteroatoms. The molecule has 116 valence electrons. The van der Waals surface area contributed by atoms with E-state index < -0.39 is 5.97 Å². The summed E-state index contributed by atoms with van der Waals surface area (Å²) in [7, 11) is 0. The first kappa shape index (κ1) is 16.2. The van der Waals surface area contributed by atoms with Crippen LogP contribution in [0.25, 0.3) is 10.4 Å². The first-order chi connectivity index (χ1) is 10.7. The fraction of sp³-hybridized carbons (Fsp3) is 0.250. The van der Waals surface area contributed by atoms with E-state index in [1.807, 2.05) is 30.3 Å². The molecule has 5 nitrogen and oxygen atoms in total. The summed E-state index contributed by atoms with van der Waals surface area (Å²) in [5.74, 6) is -0.654. The Morgan fingerprint density at radius 2 is 2.00 bits per heavy atom. The summed E-state index contributed by atoms with van der Waals surface area (Å²) in [5, 5.41) is 3.24. The van der Waals surface area contributed by atoms with Crippen molar-refractivity contribution in [1.29, 1.82) is 0 Å². The van der Waals surface area contributed by atoms with E-state index in [0.717, 1.165) is 10.4 Å². The molecular weight excluding hydrogens is 300 g/mol. The lowest BCUT2D eigenvalue weighted by atomic mass is 10.1. The molecule has 1 heterocycles. The second-order valence-electron chi connectivity index (χ2n) is 4.53. The van der Waals surface area contributed by atoms with Crippen LogP contribution in [0.4, 0.5) is 5.00 Å². The minimum Gasteiger partial charge on any atom is -0.462 e. The van der Waals surface area contributed by atoms with Crippen LogP contribution < -0.4 is 11.1 Å². The van der Waals surface area contributed by atoms with Gasteiger partial charge in [-0.3, -0.25) is 4.79 Å². The van der Waals surface area contributed by atoms with Gasteiger partial charge in [-0.05, 0) is 18.6 Å². The van der Waals surface area contributed by atoms with E-state index in [9.17, 15) is 9.59 Å². The van der Waals surface area contributed by atoms with Crippen LogP contribution in [0.15, 0.2) is 36.4 Å². The van der Waals surface area contributed by atoms with E-state index >= 15 is 0 Å². The number of esters is 1. The standard InChI is InChI=1S/C16H18N2O3S/c1-2-21-16(20)12-10-13(11-6-4-3-5-7-11)22-15(12)18-14(19)8-9-17/h3-7,10H,2,8-9,17H2,1H3,(H,18,19). The third-order valence-corrected chi connectivity index (χ3v) is 4.01. The number of benzene rings is 1. The van der Waals surface area contributed by atoms with E-state index in [1.54, 1.807) is 13.0 Å². The molecule has 22 heavy (non-hydrogen) atoms. The molecule has 0 aliphatic heterocycles. The van der Waals surface area contributed by atoms with E-state index in [-0.39, 0.29) is 25.5 Å². The molecule has 0 saturated heterocycles. The number of amides is 1. The SMILES string of the molecule is CCOC(=O)c1cc(-c2ccccc2)sc1NC(=O)CCN. The minimum absolute atomic E-state index is 0.209. The number of thiophene rings is 1. The van der Waals surface area contributed by atoms with Crippen molar-refractivity contribution in [3.63, 3.8) is 0 Å². The molecule has 0 unspecified atom stereocenters. The van der Waals surface area contributed by atoms with E-state index in [1.165, 1.54) is 11.3 Å². The zero-order chi connectivity index (χ0) is 15.9. The van der Waals surface area contributed by atoms with Gasteiger partial charge in [-0.15, -0.1) is 11.3 Å². The van der Waals surface area contributed by atoms with Crippen LogP contribution >= 0.6 is 11.3 Å². The summed E-state index contributed by atoms with van der Waals surface area (Å²) in [5.41, 5.74) is 6.73. The van der Waals surface area contributed by atoms with Gasteiger partial charge in [0, 0.05) is 17.8 Å². The van der Waals surface area contributed by atoms with Gasteiger partial charge in [-0.2, -0.15) is 0 Å². The Labute approximate surface area is 133 Å². The monoisotopic (exact) mass is 318 g/mol. The van der Waals surface area contributed by atoms with Gasteiger partial charge in [-0.1, -0.05) is 30.3 Å². The molecule has 0 radical (unpaired) electrons. The molecule has 1 amide bonds. The molecule has 1 aromatic heterocycles. The molecule has 0 atom stereocenters. The molecule has 0 bridgehead atoms. The van der Waals surface area contributed by atoms with Gasteiger partial charge in [-0.25, -0.2) is 4.79 Å². The van der Waals surface area contributed by atoms with Crippen LogP contribution in [0.1, 0.15) is 23.7 Å². The Hall–Kier alpha value is -2.18. The lowest BCUT2D eigenvalue weighted by molar-refractivity contribution is -0.116. The van der Waals surface area contributed by atoms with Crippen LogP contribution in [0.3, 0.4) is 0 Å². The molecule has 0 spiro atoms. The number of nitrogens with one attached hydrogen (secondary N) is 1. The number of anilines is 1. The fourth-order valence-corrected chi connectivity index (χ4v) is 2.98. The van der Waals surface area contributed by atoms with Crippen molar-refractivity contribution < 1.29 is 14.3 Å². The molecule has 2 aromatic rings. The summed E-state index contributed by atoms with van der Waals surface area (Å²) < 4.78 is 5.05. The van der Waals surface area contributed by atoms with Crippen LogP contribution in [-0.4, -0.2) is 25.0 Å². The topological polar surface area (TPSA) is 81.4 Å². The van der Waals surface area contributed by atoms with Gasteiger partial charge in [0.15, 0.2) is 0 Å². The smallest absolute Gasteiger partial charge is 0.341 e. The number of carbonyl (C=O) groups excluding carboxylic acids is 2. The van der Waals surface area contributed by atoms with E-state index in [2.05, 4.69) is 5.32 Å². The molecule has 1 aromatic carbocycles. The molecular formula is C16H18N2O3S. The van der Waals surface area contributed by atoms with Gasteiger partial charge >= 0.3 is 5.97 Å². The van der Waals surface area contributed by atoms with Crippen molar-refractivity contribution in [2.45, 2.75) is 13.3 Å². The fourth-order valence-electron chi connectivity index (χ4n) is 1.91. The number of hydrogen-bond acceptors (Lipinski definition) is 5. The summed E-state index contributed by atoms with van der Waals surface area (Å²) in [6.07, 6.45) is 0.209. The first-order valence-corrected chi connectivity index (χ1v) is 7.83. The predicted molar refractivity (Wildman–Crippen MR) is 88.0 cm³/mol. The third-order valence-electron chi connectivity index (χ3n) is 2.91.